The molecule has 0 aliphatic carbocycles. The summed E-state index contributed by atoms with van der Waals surface area (Å²) in [5.74, 6) is 0. The molecule has 0 aliphatic rings. The lowest BCUT2D eigenvalue weighted by molar-refractivity contribution is 0.756. The summed E-state index contributed by atoms with van der Waals surface area (Å²) >= 11 is 8.76. The average Bonchev–Trinajstić information content (AvgIpc) is 2.77. The zero-order valence-electron chi connectivity index (χ0n) is 9.81. The van der Waals surface area contributed by atoms with Gasteiger partial charge >= 0.3 is 0 Å². The number of hydrogen-bond acceptors (Lipinski definition) is 3. The Hall–Kier alpha value is -1.47. The molecule has 0 bridgehead atoms. The molecule has 3 rings (SSSR count). The second kappa shape index (κ2) is 4.03. The molecule has 0 fully saturated rings. The van der Waals surface area contributed by atoms with Gasteiger partial charge in [0.2, 0.25) is 0 Å². The average molecular weight is 324 g/mol. The largest absolute Gasteiger partial charge is 0.329 e. The fourth-order valence-electron chi connectivity index (χ4n) is 2.00. The van der Waals surface area contributed by atoms with Crippen LogP contribution < -0.4 is 0 Å². The summed E-state index contributed by atoms with van der Waals surface area (Å²) < 4.78 is 5.21. The smallest absolute Gasteiger partial charge is 0.184 e. The number of rotatable bonds is 1. The molecule has 3 aromatic heterocycles. The van der Waals surface area contributed by atoms with Crippen molar-refractivity contribution in [1.29, 1.82) is 0 Å². The molecule has 7 heteroatoms. The van der Waals surface area contributed by atoms with E-state index in [9.17, 15) is 0 Å². The van der Waals surface area contributed by atoms with Gasteiger partial charge < -0.3 is 4.98 Å². The van der Waals surface area contributed by atoms with Crippen LogP contribution in [0.5, 0.6) is 0 Å². The molecule has 0 aliphatic heterocycles. The van der Waals surface area contributed by atoms with E-state index in [0.29, 0.717) is 4.77 Å². The first-order chi connectivity index (χ1) is 8.56. The summed E-state index contributed by atoms with van der Waals surface area (Å²) in [6.45, 7) is 1.95. The van der Waals surface area contributed by atoms with Crippen LogP contribution in [0.15, 0.2) is 22.9 Å². The Morgan fingerprint density at radius 3 is 2.89 bits per heavy atom. The van der Waals surface area contributed by atoms with Crippen LogP contribution in [0, 0.1) is 11.7 Å². The SMILES string of the molecule is Cc1nn(C)cc1-n1c(=S)[nH]c2cc(Br)cnc21. The summed E-state index contributed by atoms with van der Waals surface area (Å²) in [6, 6.07) is 1.96. The molecule has 5 nitrogen and oxygen atoms in total. The number of aryl methyl sites for hydroxylation is 2. The van der Waals surface area contributed by atoms with Gasteiger partial charge in [-0.25, -0.2) is 4.98 Å². The summed E-state index contributed by atoms with van der Waals surface area (Å²) in [4.78, 5) is 7.56. The van der Waals surface area contributed by atoms with Crippen LogP contribution in [0.2, 0.25) is 0 Å². The number of pyridine rings is 1. The first-order valence-corrected chi connectivity index (χ1v) is 6.53. The lowest BCUT2D eigenvalue weighted by Crippen LogP contribution is -1.96. The second-order valence-corrected chi connectivity index (χ2v) is 5.37. The highest BCUT2D eigenvalue weighted by Crippen LogP contribution is 2.21. The number of nitrogens with one attached hydrogen (secondary N) is 1. The summed E-state index contributed by atoms with van der Waals surface area (Å²) in [6.07, 6.45) is 3.69. The lowest BCUT2D eigenvalue weighted by Gasteiger charge is -2.00. The molecule has 0 saturated carbocycles. The summed E-state index contributed by atoms with van der Waals surface area (Å²) in [5, 5.41) is 4.33. The minimum atomic E-state index is 0.617. The van der Waals surface area contributed by atoms with Gasteiger partial charge in [0.1, 0.15) is 0 Å². The highest BCUT2D eigenvalue weighted by molar-refractivity contribution is 9.10. The number of aromatic nitrogens is 5. The van der Waals surface area contributed by atoms with Crippen LogP contribution >= 0.6 is 28.1 Å². The van der Waals surface area contributed by atoms with Crippen LogP contribution in [0.4, 0.5) is 0 Å². The molecular formula is C11H10BrN5S. The fourth-order valence-corrected chi connectivity index (χ4v) is 2.63. The number of nitrogens with zero attached hydrogens (tertiary/aromatic N) is 4. The number of hydrogen-bond donors (Lipinski definition) is 1. The normalized spacial score (nSPS) is 11.3. The van der Waals surface area contributed by atoms with E-state index in [4.69, 9.17) is 12.2 Å². The van der Waals surface area contributed by atoms with Crippen molar-refractivity contribution in [3.05, 3.63) is 33.4 Å². The minimum Gasteiger partial charge on any atom is -0.329 e. The van der Waals surface area contributed by atoms with Crippen LogP contribution in [0.25, 0.3) is 16.9 Å². The van der Waals surface area contributed by atoms with Crippen molar-refractivity contribution in [3.63, 3.8) is 0 Å². The van der Waals surface area contributed by atoms with E-state index < -0.39 is 0 Å². The number of halogens is 1. The van der Waals surface area contributed by atoms with Gasteiger partial charge in [0, 0.05) is 23.9 Å². The monoisotopic (exact) mass is 323 g/mol. The van der Waals surface area contributed by atoms with E-state index in [0.717, 1.165) is 27.0 Å². The number of H-pyrrole nitrogens is 1. The molecular weight excluding hydrogens is 314 g/mol. The van der Waals surface area contributed by atoms with Gasteiger partial charge in [-0.15, -0.1) is 0 Å². The van der Waals surface area contributed by atoms with Crippen molar-refractivity contribution < 1.29 is 0 Å². The highest BCUT2D eigenvalue weighted by Gasteiger charge is 2.12. The number of imidazole rings is 1. The van der Waals surface area contributed by atoms with Gasteiger partial charge in [-0.1, -0.05) is 0 Å². The van der Waals surface area contributed by atoms with Crippen molar-refractivity contribution >= 4 is 39.3 Å². The Kier molecular flexibility index (Phi) is 2.60. The van der Waals surface area contributed by atoms with Crippen LogP contribution in [-0.2, 0) is 7.05 Å². The van der Waals surface area contributed by atoms with E-state index in [1.807, 2.05) is 30.8 Å². The standard InChI is InChI=1S/C11H10BrN5S/c1-6-9(5-16(2)15-6)17-10-8(14-11(17)18)3-7(12)4-13-10/h3-5H,1-2H3,(H,14,18). The zero-order valence-corrected chi connectivity index (χ0v) is 12.2. The molecule has 0 saturated heterocycles. The van der Waals surface area contributed by atoms with Gasteiger partial charge in [0.15, 0.2) is 10.4 Å². The Bertz CT molecular complexity index is 797. The third kappa shape index (κ3) is 1.70. The maximum absolute atomic E-state index is 5.36. The molecule has 92 valence electrons. The third-order valence-electron chi connectivity index (χ3n) is 2.72. The molecule has 0 atom stereocenters. The van der Waals surface area contributed by atoms with E-state index >= 15 is 0 Å². The first-order valence-electron chi connectivity index (χ1n) is 5.33. The topological polar surface area (TPSA) is 51.4 Å². The van der Waals surface area contributed by atoms with E-state index in [2.05, 4.69) is 31.0 Å². The van der Waals surface area contributed by atoms with E-state index in [1.54, 1.807) is 10.9 Å². The Morgan fingerprint density at radius 1 is 1.44 bits per heavy atom. The van der Waals surface area contributed by atoms with Gasteiger partial charge in [-0.05, 0) is 41.1 Å². The lowest BCUT2D eigenvalue weighted by atomic mass is 10.4. The second-order valence-electron chi connectivity index (χ2n) is 4.06. The van der Waals surface area contributed by atoms with Crippen molar-refractivity contribution in [3.8, 4) is 5.69 Å². The van der Waals surface area contributed by atoms with Crippen molar-refractivity contribution in [2.45, 2.75) is 6.92 Å². The number of fused-ring (bicyclic) bond motifs is 1. The Labute approximate surface area is 117 Å². The molecule has 3 heterocycles. The zero-order chi connectivity index (χ0) is 12.9. The molecule has 18 heavy (non-hydrogen) atoms. The Balaban J connectivity index is 2.39. The van der Waals surface area contributed by atoms with Gasteiger partial charge in [-0.3, -0.25) is 9.25 Å². The summed E-state index contributed by atoms with van der Waals surface area (Å²) in [5.41, 5.74) is 3.57. The number of aromatic amines is 1. The van der Waals surface area contributed by atoms with Crippen LogP contribution in [0.3, 0.4) is 0 Å². The predicted molar refractivity (Wildman–Crippen MR) is 75.5 cm³/mol. The van der Waals surface area contributed by atoms with Gasteiger partial charge in [0.25, 0.3) is 0 Å². The van der Waals surface area contributed by atoms with Crippen molar-refractivity contribution in [2.75, 3.05) is 0 Å². The Morgan fingerprint density at radius 2 is 2.22 bits per heavy atom. The third-order valence-corrected chi connectivity index (χ3v) is 3.44. The van der Waals surface area contributed by atoms with Crippen molar-refractivity contribution in [1.82, 2.24) is 24.3 Å². The van der Waals surface area contributed by atoms with Crippen molar-refractivity contribution in [2.24, 2.45) is 7.05 Å². The quantitative estimate of drug-likeness (QED) is 0.700. The van der Waals surface area contributed by atoms with Crippen LogP contribution in [-0.4, -0.2) is 24.3 Å². The highest BCUT2D eigenvalue weighted by atomic mass is 79.9. The first kappa shape index (κ1) is 11.6. The van der Waals surface area contributed by atoms with E-state index in [-0.39, 0.29) is 0 Å². The molecule has 1 N–H and O–H groups in total. The van der Waals surface area contributed by atoms with E-state index in [1.165, 1.54) is 0 Å². The molecule has 0 radical (unpaired) electrons. The molecule has 0 unspecified atom stereocenters. The van der Waals surface area contributed by atoms with Gasteiger partial charge in [-0.2, -0.15) is 5.10 Å². The fraction of sp³-hybridized carbons (Fsp3) is 0.182. The minimum absolute atomic E-state index is 0.617. The molecule has 0 aromatic carbocycles. The molecule has 3 aromatic rings. The molecule has 0 amide bonds. The van der Waals surface area contributed by atoms with Gasteiger partial charge in [0.05, 0.1) is 16.9 Å². The molecule has 0 spiro atoms. The maximum Gasteiger partial charge on any atom is 0.184 e. The summed E-state index contributed by atoms with van der Waals surface area (Å²) in [7, 11) is 1.89. The van der Waals surface area contributed by atoms with Crippen LogP contribution in [0.1, 0.15) is 5.69 Å². The maximum atomic E-state index is 5.36. The predicted octanol–water partition coefficient (Wildman–Crippen LogP) is 2.89.